The van der Waals surface area contributed by atoms with Crippen molar-refractivity contribution >= 4 is 11.9 Å². The van der Waals surface area contributed by atoms with Crippen molar-refractivity contribution in [3.8, 4) is 56.0 Å². The van der Waals surface area contributed by atoms with E-state index in [9.17, 15) is 9.59 Å². The van der Waals surface area contributed by atoms with E-state index < -0.39 is 11.9 Å². The van der Waals surface area contributed by atoms with Crippen LogP contribution in [0, 0.1) is 0 Å². The first-order valence-corrected chi connectivity index (χ1v) is 11.3. The van der Waals surface area contributed by atoms with Crippen LogP contribution in [0.15, 0.2) is 72.8 Å². The highest BCUT2D eigenvalue weighted by Gasteiger charge is 2.29. The number of hydrogen-bond acceptors (Lipinski definition) is 6. The Kier molecular flexibility index (Phi) is 5.94. The lowest BCUT2D eigenvalue weighted by Gasteiger charge is -2.26. The largest absolute Gasteiger partial charge is 0.497 e. The van der Waals surface area contributed by atoms with Crippen LogP contribution in [0.5, 0.6) is 11.5 Å². The van der Waals surface area contributed by atoms with Gasteiger partial charge < -0.3 is 18.9 Å². The number of carbonyl (C=O) groups excluding carboxylic acids is 2. The number of benzene rings is 4. The lowest BCUT2D eigenvalue weighted by Crippen LogP contribution is -2.09. The Labute approximate surface area is 209 Å². The van der Waals surface area contributed by atoms with Crippen molar-refractivity contribution < 1.29 is 28.5 Å². The Morgan fingerprint density at radius 2 is 0.917 bits per heavy atom. The average Bonchev–Trinajstić information content (AvgIpc) is 2.94. The zero-order valence-electron chi connectivity index (χ0n) is 20.4. The van der Waals surface area contributed by atoms with E-state index in [4.69, 9.17) is 18.9 Å². The van der Waals surface area contributed by atoms with Crippen molar-refractivity contribution in [1.82, 2.24) is 0 Å². The molecule has 180 valence electrons. The summed E-state index contributed by atoms with van der Waals surface area (Å²) >= 11 is 0. The molecular formula is C30H24O6. The maximum atomic E-state index is 12.9. The fraction of sp³-hybridized carbons (Fsp3) is 0.133. The molecule has 4 aromatic carbocycles. The summed E-state index contributed by atoms with van der Waals surface area (Å²) in [5, 5.41) is 0. The van der Waals surface area contributed by atoms with E-state index >= 15 is 0 Å². The van der Waals surface area contributed by atoms with Crippen molar-refractivity contribution in [2.24, 2.45) is 0 Å². The van der Waals surface area contributed by atoms with Crippen LogP contribution in [0.3, 0.4) is 0 Å². The summed E-state index contributed by atoms with van der Waals surface area (Å²) in [6.07, 6.45) is 0. The SMILES string of the molecule is COC(=O)c1cccc2c1-c1ccc(OC)cc1-c1cccc(C(=O)OC)c1-c1ccc(OC)cc1-2. The molecule has 0 aliphatic heterocycles. The minimum atomic E-state index is -0.442. The van der Waals surface area contributed by atoms with Gasteiger partial charge in [-0.1, -0.05) is 36.4 Å². The maximum Gasteiger partial charge on any atom is 0.338 e. The second-order valence-corrected chi connectivity index (χ2v) is 8.26. The van der Waals surface area contributed by atoms with Crippen LogP contribution in [0.2, 0.25) is 0 Å². The van der Waals surface area contributed by atoms with E-state index in [0.717, 1.165) is 44.5 Å². The Balaban J connectivity index is 2.03. The van der Waals surface area contributed by atoms with Crippen LogP contribution in [-0.4, -0.2) is 40.4 Å². The van der Waals surface area contributed by atoms with E-state index in [1.165, 1.54) is 14.2 Å². The van der Waals surface area contributed by atoms with Gasteiger partial charge in [-0.25, -0.2) is 9.59 Å². The number of esters is 2. The van der Waals surface area contributed by atoms with E-state index in [-0.39, 0.29) is 0 Å². The Bertz CT molecular complexity index is 1400. The van der Waals surface area contributed by atoms with Gasteiger partial charge in [-0.2, -0.15) is 0 Å². The molecule has 1 aliphatic rings. The number of hydrogen-bond donors (Lipinski definition) is 0. The van der Waals surface area contributed by atoms with E-state index in [1.54, 1.807) is 26.4 Å². The molecule has 36 heavy (non-hydrogen) atoms. The smallest absolute Gasteiger partial charge is 0.338 e. The lowest BCUT2D eigenvalue weighted by molar-refractivity contribution is 0.0593. The molecule has 4 aromatic rings. The second-order valence-electron chi connectivity index (χ2n) is 8.26. The molecule has 0 unspecified atom stereocenters. The summed E-state index contributed by atoms with van der Waals surface area (Å²) in [5.41, 5.74) is 7.18. The molecular weight excluding hydrogens is 456 g/mol. The summed E-state index contributed by atoms with van der Waals surface area (Å²) in [5.74, 6) is 0.413. The zero-order chi connectivity index (χ0) is 25.4. The Hall–Kier alpha value is -4.58. The van der Waals surface area contributed by atoms with Crippen molar-refractivity contribution in [3.05, 3.63) is 83.9 Å². The van der Waals surface area contributed by atoms with Gasteiger partial charge in [0.2, 0.25) is 0 Å². The van der Waals surface area contributed by atoms with Crippen LogP contribution in [0.4, 0.5) is 0 Å². The maximum absolute atomic E-state index is 12.9. The molecule has 5 rings (SSSR count). The molecule has 0 amide bonds. The molecule has 0 fully saturated rings. The summed E-state index contributed by atoms with van der Waals surface area (Å²) in [7, 11) is 5.95. The van der Waals surface area contributed by atoms with Crippen molar-refractivity contribution in [2.75, 3.05) is 28.4 Å². The van der Waals surface area contributed by atoms with Crippen molar-refractivity contribution in [3.63, 3.8) is 0 Å². The number of ether oxygens (including phenoxy) is 4. The summed E-state index contributed by atoms with van der Waals surface area (Å²) in [6.45, 7) is 0. The first-order valence-electron chi connectivity index (χ1n) is 11.3. The monoisotopic (exact) mass is 480 g/mol. The van der Waals surface area contributed by atoms with Gasteiger partial charge in [0, 0.05) is 11.1 Å². The fourth-order valence-corrected chi connectivity index (χ4v) is 4.88. The molecule has 0 spiro atoms. The highest BCUT2D eigenvalue weighted by atomic mass is 16.5. The molecule has 0 heterocycles. The molecule has 0 aromatic heterocycles. The van der Waals surface area contributed by atoms with Gasteiger partial charge in [0.25, 0.3) is 0 Å². The Morgan fingerprint density at radius 3 is 1.28 bits per heavy atom. The molecule has 6 nitrogen and oxygen atoms in total. The van der Waals surface area contributed by atoms with Gasteiger partial charge in [0.05, 0.1) is 39.6 Å². The third-order valence-electron chi connectivity index (χ3n) is 6.51. The van der Waals surface area contributed by atoms with Gasteiger partial charge in [-0.15, -0.1) is 0 Å². The summed E-state index contributed by atoms with van der Waals surface area (Å²) in [4.78, 5) is 25.9. The van der Waals surface area contributed by atoms with Gasteiger partial charge >= 0.3 is 11.9 Å². The van der Waals surface area contributed by atoms with Gasteiger partial charge in [0.1, 0.15) is 11.5 Å². The quantitative estimate of drug-likeness (QED) is 0.283. The van der Waals surface area contributed by atoms with Gasteiger partial charge in [-0.05, 0) is 69.8 Å². The highest BCUT2D eigenvalue weighted by molar-refractivity contribution is 6.12. The molecule has 1 aliphatic carbocycles. The predicted molar refractivity (Wildman–Crippen MR) is 138 cm³/mol. The molecule has 0 atom stereocenters. The number of fused-ring (bicyclic) bond motifs is 8. The van der Waals surface area contributed by atoms with E-state index in [2.05, 4.69) is 0 Å². The fourth-order valence-electron chi connectivity index (χ4n) is 4.88. The Morgan fingerprint density at radius 1 is 0.500 bits per heavy atom. The molecule has 0 bridgehead atoms. The number of rotatable bonds is 4. The average molecular weight is 481 g/mol. The number of carbonyl (C=O) groups is 2. The summed E-state index contributed by atoms with van der Waals surface area (Å²) in [6, 6.07) is 22.5. The molecule has 0 radical (unpaired) electrons. The molecule has 0 saturated heterocycles. The van der Waals surface area contributed by atoms with Gasteiger partial charge in [-0.3, -0.25) is 0 Å². The molecule has 6 heteroatoms. The minimum Gasteiger partial charge on any atom is -0.497 e. The highest BCUT2D eigenvalue weighted by Crippen LogP contribution is 2.51. The second kappa shape index (κ2) is 9.23. The minimum absolute atomic E-state index is 0.433. The van der Waals surface area contributed by atoms with Crippen LogP contribution in [-0.2, 0) is 9.47 Å². The predicted octanol–water partition coefficient (Wildman–Crippen LogP) is 6.26. The van der Waals surface area contributed by atoms with Crippen LogP contribution in [0.25, 0.3) is 44.5 Å². The van der Waals surface area contributed by atoms with Crippen LogP contribution < -0.4 is 9.47 Å². The lowest BCUT2D eigenvalue weighted by atomic mass is 9.78. The van der Waals surface area contributed by atoms with Gasteiger partial charge in [0.15, 0.2) is 0 Å². The first-order chi connectivity index (χ1) is 17.5. The van der Waals surface area contributed by atoms with E-state index in [0.29, 0.717) is 22.6 Å². The standard InChI is InChI=1S/C30H24O6/c1-33-17-11-13-21-25(15-17)19-7-5-9-23(29(31)35-3)27(19)22-14-12-18(34-2)16-26(22)20-8-6-10-24(28(20)21)30(32)36-4/h5-16H,1-4H3. The molecule has 0 saturated carbocycles. The third kappa shape index (κ3) is 3.58. The number of methoxy groups -OCH3 is 4. The first kappa shape index (κ1) is 23.2. The summed E-state index contributed by atoms with van der Waals surface area (Å²) < 4.78 is 21.4. The molecule has 0 N–H and O–H groups in total. The van der Waals surface area contributed by atoms with Crippen molar-refractivity contribution in [2.45, 2.75) is 0 Å². The van der Waals surface area contributed by atoms with Crippen LogP contribution in [0.1, 0.15) is 20.7 Å². The normalized spacial score (nSPS) is 11.0. The van der Waals surface area contributed by atoms with E-state index in [1.807, 2.05) is 60.7 Å². The topological polar surface area (TPSA) is 71.1 Å². The third-order valence-corrected chi connectivity index (χ3v) is 6.51. The zero-order valence-corrected chi connectivity index (χ0v) is 20.4. The van der Waals surface area contributed by atoms with Crippen LogP contribution >= 0.6 is 0 Å². The van der Waals surface area contributed by atoms with Crippen molar-refractivity contribution in [1.29, 1.82) is 0 Å².